The number of hydrogen-bond donors (Lipinski definition) is 1. The molecule has 1 aromatic heterocycles. The molecule has 6 heteroatoms. The summed E-state index contributed by atoms with van der Waals surface area (Å²) < 4.78 is 5.22. The topological polar surface area (TPSA) is 66.6 Å². The van der Waals surface area contributed by atoms with Crippen molar-refractivity contribution >= 4 is 17.5 Å². The van der Waals surface area contributed by atoms with Crippen molar-refractivity contribution in [3.63, 3.8) is 0 Å². The molecule has 1 unspecified atom stereocenters. The zero-order chi connectivity index (χ0) is 16.6. The van der Waals surface area contributed by atoms with Crippen LogP contribution in [-0.2, 0) is 0 Å². The quantitative estimate of drug-likeness (QED) is 0.912. The lowest BCUT2D eigenvalue weighted by atomic mass is 10.0. The van der Waals surface area contributed by atoms with Crippen LogP contribution >= 0.6 is 11.6 Å². The van der Waals surface area contributed by atoms with Gasteiger partial charge in [-0.2, -0.15) is 0 Å². The summed E-state index contributed by atoms with van der Waals surface area (Å²) in [5, 5.41) is 14.6. The van der Waals surface area contributed by atoms with Gasteiger partial charge in [0.15, 0.2) is 0 Å². The fourth-order valence-corrected chi connectivity index (χ4v) is 2.87. The Bertz CT molecular complexity index is 724. The molecule has 5 nitrogen and oxygen atoms in total. The van der Waals surface area contributed by atoms with E-state index in [1.165, 1.54) is 4.90 Å². The van der Waals surface area contributed by atoms with Crippen LogP contribution in [0.2, 0.25) is 5.02 Å². The molecule has 1 atom stereocenters. The summed E-state index contributed by atoms with van der Waals surface area (Å²) in [6.45, 7) is 2.00. The average Bonchev–Trinajstić information content (AvgIpc) is 3.30. The van der Waals surface area contributed by atoms with Gasteiger partial charge in [-0.25, -0.2) is 0 Å². The minimum absolute atomic E-state index is 0.224. The van der Waals surface area contributed by atoms with Crippen LogP contribution in [0.3, 0.4) is 0 Å². The van der Waals surface area contributed by atoms with Gasteiger partial charge in [0.25, 0.3) is 5.91 Å². The number of carbonyl (C=O) groups is 1. The van der Waals surface area contributed by atoms with E-state index < -0.39 is 6.10 Å². The fraction of sp³-hybridized carbons (Fsp3) is 0.412. The van der Waals surface area contributed by atoms with Gasteiger partial charge >= 0.3 is 0 Å². The summed E-state index contributed by atoms with van der Waals surface area (Å²) in [4.78, 5) is 14.3. The van der Waals surface area contributed by atoms with Crippen molar-refractivity contribution in [3.05, 3.63) is 40.6 Å². The first-order valence-electron chi connectivity index (χ1n) is 7.63. The molecule has 1 aromatic carbocycles. The van der Waals surface area contributed by atoms with Crippen LogP contribution in [0, 0.1) is 12.8 Å². The second-order valence-corrected chi connectivity index (χ2v) is 6.44. The first kappa shape index (κ1) is 16.0. The maximum atomic E-state index is 12.8. The molecule has 1 amide bonds. The predicted molar refractivity (Wildman–Crippen MR) is 87.4 cm³/mol. The summed E-state index contributed by atoms with van der Waals surface area (Å²) in [5.41, 5.74) is 1.49. The number of aliphatic hydroxyl groups excluding tert-OH is 1. The molecule has 3 rings (SSSR count). The SMILES string of the molecule is Cc1onc(-c2ccccc2Cl)c1C(=O)N(C)CC(O)C1CC1. The number of nitrogens with zero attached hydrogens (tertiary/aromatic N) is 2. The highest BCUT2D eigenvalue weighted by atomic mass is 35.5. The van der Waals surface area contributed by atoms with Crippen LogP contribution in [0.15, 0.2) is 28.8 Å². The molecule has 1 heterocycles. The number of aliphatic hydroxyl groups is 1. The standard InChI is InChI=1S/C17H19ClN2O3/c1-10-15(17(22)20(2)9-14(21)11-7-8-11)16(19-23-10)12-5-3-4-6-13(12)18/h3-6,11,14,21H,7-9H2,1-2H3. The minimum atomic E-state index is -0.479. The molecule has 0 saturated heterocycles. The van der Waals surface area contributed by atoms with E-state index >= 15 is 0 Å². The number of likely N-dealkylation sites (N-methyl/N-ethyl adjacent to an activating group) is 1. The monoisotopic (exact) mass is 334 g/mol. The van der Waals surface area contributed by atoms with E-state index in [-0.39, 0.29) is 5.91 Å². The van der Waals surface area contributed by atoms with Gasteiger partial charge in [0.2, 0.25) is 0 Å². The number of hydrogen-bond acceptors (Lipinski definition) is 4. The smallest absolute Gasteiger partial charge is 0.259 e. The lowest BCUT2D eigenvalue weighted by Gasteiger charge is -2.20. The molecule has 122 valence electrons. The lowest BCUT2D eigenvalue weighted by Crippen LogP contribution is -2.35. The first-order valence-corrected chi connectivity index (χ1v) is 8.01. The Morgan fingerprint density at radius 1 is 1.48 bits per heavy atom. The number of halogens is 1. The van der Waals surface area contributed by atoms with Crippen LogP contribution in [0.5, 0.6) is 0 Å². The molecule has 0 bridgehead atoms. The van der Waals surface area contributed by atoms with Crippen molar-refractivity contribution in [1.29, 1.82) is 0 Å². The van der Waals surface area contributed by atoms with Crippen molar-refractivity contribution in [2.24, 2.45) is 5.92 Å². The summed E-state index contributed by atoms with van der Waals surface area (Å²) in [5.74, 6) is 0.535. The molecule has 2 aromatic rings. The van der Waals surface area contributed by atoms with Crippen molar-refractivity contribution in [3.8, 4) is 11.3 Å². The molecule has 1 N–H and O–H groups in total. The van der Waals surface area contributed by atoms with Crippen LogP contribution in [0.1, 0.15) is 29.0 Å². The van der Waals surface area contributed by atoms with E-state index in [1.54, 1.807) is 26.1 Å². The highest BCUT2D eigenvalue weighted by Crippen LogP contribution is 2.34. The molecule has 0 spiro atoms. The Balaban J connectivity index is 1.88. The number of carbonyl (C=O) groups excluding carboxylic acids is 1. The predicted octanol–water partition coefficient (Wildman–Crippen LogP) is 3.15. The van der Waals surface area contributed by atoms with Crippen LogP contribution in [0.4, 0.5) is 0 Å². The van der Waals surface area contributed by atoms with Gasteiger partial charge < -0.3 is 14.5 Å². The summed E-state index contributed by atoms with van der Waals surface area (Å²) in [6, 6.07) is 7.20. The van der Waals surface area contributed by atoms with Crippen molar-refractivity contribution in [1.82, 2.24) is 10.1 Å². The molecular weight excluding hydrogens is 316 g/mol. The second-order valence-electron chi connectivity index (χ2n) is 6.03. The number of aryl methyl sites for hydroxylation is 1. The van der Waals surface area contributed by atoms with Gasteiger partial charge in [-0.05, 0) is 31.7 Å². The fourth-order valence-electron chi connectivity index (χ4n) is 2.65. The van der Waals surface area contributed by atoms with Crippen molar-refractivity contribution < 1.29 is 14.4 Å². The highest BCUT2D eigenvalue weighted by molar-refractivity contribution is 6.33. The van der Waals surface area contributed by atoms with E-state index in [2.05, 4.69) is 5.16 Å². The molecule has 1 aliphatic rings. The molecule has 1 saturated carbocycles. The van der Waals surface area contributed by atoms with Gasteiger partial charge in [-0.15, -0.1) is 0 Å². The zero-order valence-electron chi connectivity index (χ0n) is 13.1. The van der Waals surface area contributed by atoms with Crippen molar-refractivity contribution in [2.75, 3.05) is 13.6 Å². The molecule has 1 aliphatic carbocycles. The van der Waals surface area contributed by atoms with Crippen LogP contribution in [-0.4, -0.2) is 40.8 Å². The normalized spacial score (nSPS) is 15.5. The third-order valence-corrected chi connectivity index (χ3v) is 4.51. The van der Waals surface area contributed by atoms with Gasteiger partial charge in [0.05, 0.1) is 11.1 Å². The van der Waals surface area contributed by atoms with Gasteiger partial charge in [0.1, 0.15) is 17.0 Å². The maximum Gasteiger partial charge on any atom is 0.259 e. The van der Waals surface area contributed by atoms with E-state index in [4.69, 9.17) is 16.1 Å². The Labute approximate surface area is 139 Å². The van der Waals surface area contributed by atoms with E-state index in [9.17, 15) is 9.90 Å². The average molecular weight is 335 g/mol. The number of rotatable bonds is 5. The number of benzene rings is 1. The van der Waals surface area contributed by atoms with Gasteiger partial charge in [0, 0.05) is 19.2 Å². The molecule has 1 fully saturated rings. The lowest BCUT2D eigenvalue weighted by molar-refractivity contribution is 0.0644. The number of aromatic nitrogens is 1. The van der Waals surface area contributed by atoms with Crippen LogP contribution < -0.4 is 0 Å². The third-order valence-electron chi connectivity index (χ3n) is 4.18. The maximum absolute atomic E-state index is 12.8. The second kappa shape index (κ2) is 6.34. The Morgan fingerprint density at radius 3 is 2.83 bits per heavy atom. The summed E-state index contributed by atoms with van der Waals surface area (Å²) in [7, 11) is 1.68. The largest absolute Gasteiger partial charge is 0.391 e. The van der Waals surface area contributed by atoms with Gasteiger partial charge in [-0.3, -0.25) is 4.79 Å². The highest BCUT2D eigenvalue weighted by Gasteiger charge is 2.32. The minimum Gasteiger partial charge on any atom is -0.391 e. The Kier molecular flexibility index (Phi) is 4.41. The zero-order valence-corrected chi connectivity index (χ0v) is 13.9. The molecule has 23 heavy (non-hydrogen) atoms. The third kappa shape index (κ3) is 3.26. The summed E-state index contributed by atoms with van der Waals surface area (Å²) >= 11 is 6.21. The molecule has 0 radical (unpaired) electrons. The Hall–Kier alpha value is -1.85. The van der Waals surface area contributed by atoms with Crippen molar-refractivity contribution in [2.45, 2.75) is 25.9 Å². The van der Waals surface area contributed by atoms with E-state index in [1.807, 2.05) is 12.1 Å². The van der Waals surface area contributed by atoms with E-state index in [0.29, 0.717) is 40.1 Å². The number of amides is 1. The first-order chi connectivity index (χ1) is 11.0. The van der Waals surface area contributed by atoms with Gasteiger partial charge in [-0.1, -0.05) is 35.0 Å². The molecular formula is C17H19ClN2O3. The van der Waals surface area contributed by atoms with E-state index in [0.717, 1.165) is 12.8 Å². The van der Waals surface area contributed by atoms with Crippen LogP contribution in [0.25, 0.3) is 11.3 Å². The Morgan fingerprint density at radius 2 is 2.17 bits per heavy atom. The summed E-state index contributed by atoms with van der Waals surface area (Å²) in [6.07, 6.45) is 1.58. The molecule has 0 aliphatic heterocycles.